The van der Waals surface area contributed by atoms with E-state index in [1.165, 1.54) is 70.6 Å². The van der Waals surface area contributed by atoms with E-state index < -0.39 is 32.5 Å². The van der Waals surface area contributed by atoms with Crippen molar-refractivity contribution in [1.29, 1.82) is 0 Å². The van der Waals surface area contributed by atoms with Crippen molar-refractivity contribution in [3.63, 3.8) is 0 Å². The second-order valence-corrected chi connectivity index (χ2v) is 14.8. The van der Waals surface area contributed by atoms with E-state index in [2.05, 4.69) is 79.1 Å². The summed E-state index contributed by atoms with van der Waals surface area (Å²) in [4.78, 5) is 42.8. The monoisotopic (exact) mass is 751 g/mol. The number of carbonyl (C=O) groups is 2. The number of ether oxygens (including phenoxy) is 2. The molecule has 9 heteroatoms. The first-order chi connectivity index (χ1) is 25.3. The minimum absolute atomic E-state index is 0.171. The summed E-state index contributed by atoms with van der Waals surface area (Å²) < 4.78 is 26.3. The molecule has 0 aliphatic heterocycles. The number of phosphoric ester groups is 1. The lowest BCUT2D eigenvalue weighted by atomic mass is 10.1. The van der Waals surface area contributed by atoms with Crippen LogP contribution in [0.1, 0.15) is 181 Å². The zero-order valence-electron chi connectivity index (χ0n) is 32.9. The fraction of sp³-hybridized carbons (Fsp3) is 0.721. The highest BCUT2D eigenvalue weighted by atomic mass is 31.2. The lowest BCUT2D eigenvalue weighted by molar-refractivity contribution is -0.161. The summed E-state index contributed by atoms with van der Waals surface area (Å²) in [6, 6.07) is 0. The van der Waals surface area contributed by atoms with Crippen LogP contribution in [0.4, 0.5) is 0 Å². The molecule has 2 N–H and O–H groups in total. The van der Waals surface area contributed by atoms with Crippen LogP contribution in [0.25, 0.3) is 0 Å². The van der Waals surface area contributed by atoms with Crippen molar-refractivity contribution in [1.82, 2.24) is 0 Å². The van der Waals surface area contributed by atoms with Crippen molar-refractivity contribution < 1.29 is 37.9 Å². The van der Waals surface area contributed by atoms with Gasteiger partial charge in [0.25, 0.3) is 0 Å². The zero-order chi connectivity index (χ0) is 38.2. The summed E-state index contributed by atoms with van der Waals surface area (Å²) in [5.74, 6) is -0.933. The molecule has 0 fully saturated rings. The van der Waals surface area contributed by atoms with Crippen molar-refractivity contribution in [2.45, 2.75) is 187 Å². The molecule has 0 spiro atoms. The molecule has 0 aromatic rings. The lowest BCUT2D eigenvalue weighted by Gasteiger charge is -2.18. The SMILES string of the molecule is CCCCC/C=C\C/C=C\C/C=C\C/C=C\CCCCCC(=O)O[C@H](COC(=O)CCCCCCC/C=C\CCCCCCCC)COP(=O)(O)O. The van der Waals surface area contributed by atoms with Crippen molar-refractivity contribution in [2.75, 3.05) is 13.2 Å². The Kier molecular flexibility index (Phi) is 36.8. The fourth-order valence-corrected chi connectivity index (χ4v) is 5.77. The Labute approximate surface area is 317 Å². The average Bonchev–Trinajstić information content (AvgIpc) is 3.11. The summed E-state index contributed by atoms with van der Waals surface area (Å²) in [5.41, 5.74) is 0. The quantitative estimate of drug-likeness (QED) is 0.0279. The molecule has 300 valence electrons. The summed E-state index contributed by atoms with van der Waals surface area (Å²) in [5, 5.41) is 0. The molecule has 0 aliphatic carbocycles. The standard InChI is InChI=1S/C43H75O8P/c1-3-5-7-9-11-13-15-17-19-20-21-22-24-26-28-30-32-34-36-38-43(45)51-41(40-50-52(46,47)48)39-49-42(44)37-35-33-31-29-27-25-23-18-16-14-12-10-8-6-4-2/h11,13,17-19,21-23,26,28,41H,3-10,12,14-16,20,24-25,27,29-40H2,1-2H3,(H2,46,47,48)/b13-11-,19-17-,22-21-,23-18-,28-26-/t41-/m1/s1. The van der Waals surface area contributed by atoms with Gasteiger partial charge in [-0.15, -0.1) is 0 Å². The molecule has 8 nitrogen and oxygen atoms in total. The highest BCUT2D eigenvalue weighted by Crippen LogP contribution is 2.36. The van der Waals surface area contributed by atoms with Gasteiger partial charge in [-0.1, -0.05) is 145 Å². The maximum Gasteiger partial charge on any atom is 0.469 e. The van der Waals surface area contributed by atoms with Crippen LogP contribution in [0.2, 0.25) is 0 Å². The number of phosphoric acid groups is 1. The molecule has 0 aromatic heterocycles. The second kappa shape index (κ2) is 38.5. The van der Waals surface area contributed by atoms with Crippen LogP contribution in [-0.4, -0.2) is 41.0 Å². The van der Waals surface area contributed by atoms with Gasteiger partial charge in [-0.25, -0.2) is 4.57 Å². The van der Waals surface area contributed by atoms with Crippen molar-refractivity contribution in [3.8, 4) is 0 Å². The predicted octanol–water partition coefficient (Wildman–Crippen LogP) is 12.5. The first kappa shape index (κ1) is 49.8. The molecular weight excluding hydrogens is 675 g/mol. The predicted molar refractivity (Wildman–Crippen MR) is 216 cm³/mol. The molecule has 0 heterocycles. The smallest absolute Gasteiger partial charge is 0.462 e. The Hall–Kier alpha value is -2.25. The highest BCUT2D eigenvalue weighted by Gasteiger charge is 2.22. The number of carbonyl (C=O) groups excluding carboxylic acids is 2. The summed E-state index contributed by atoms with van der Waals surface area (Å²) in [7, 11) is -4.77. The molecular formula is C43H75O8P. The minimum atomic E-state index is -4.77. The molecule has 0 bridgehead atoms. The van der Waals surface area contributed by atoms with Crippen LogP contribution >= 0.6 is 7.82 Å². The molecule has 0 aromatic carbocycles. The van der Waals surface area contributed by atoms with Gasteiger partial charge >= 0.3 is 19.8 Å². The fourth-order valence-electron chi connectivity index (χ4n) is 5.41. The maximum atomic E-state index is 12.4. The molecule has 0 aliphatic rings. The number of esters is 2. The van der Waals surface area contributed by atoms with Crippen LogP contribution in [-0.2, 0) is 28.2 Å². The van der Waals surface area contributed by atoms with E-state index in [-0.39, 0.29) is 19.4 Å². The molecule has 0 rings (SSSR count). The topological polar surface area (TPSA) is 119 Å². The second-order valence-electron chi connectivity index (χ2n) is 13.6. The van der Waals surface area contributed by atoms with Crippen LogP contribution in [0.5, 0.6) is 0 Å². The first-order valence-electron chi connectivity index (χ1n) is 20.6. The van der Waals surface area contributed by atoms with Gasteiger partial charge in [0.1, 0.15) is 6.61 Å². The van der Waals surface area contributed by atoms with Crippen molar-refractivity contribution in [3.05, 3.63) is 60.8 Å². The van der Waals surface area contributed by atoms with Gasteiger partial charge in [0.15, 0.2) is 6.10 Å². The third-order valence-electron chi connectivity index (χ3n) is 8.51. The number of rotatable bonds is 37. The molecule has 0 radical (unpaired) electrons. The normalized spacial score (nSPS) is 13.1. The zero-order valence-corrected chi connectivity index (χ0v) is 33.8. The minimum Gasteiger partial charge on any atom is -0.462 e. The van der Waals surface area contributed by atoms with Crippen LogP contribution in [0.15, 0.2) is 60.8 Å². The Morgan fingerprint density at radius 2 is 0.865 bits per heavy atom. The van der Waals surface area contributed by atoms with E-state index in [1.54, 1.807) is 0 Å². The summed E-state index contributed by atoms with van der Waals surface area (Å²) in [6.45, 7) is 3.61. The van der Waals surface area contributed by atoms with Gasteiger partial charge in [-0.2, -0.15) is 0 Å². The molecule has 0 saturated carbocycles. The average molecular weight is 751 g/mol. The van der Waals surface area contributed by atoms with E-state index in [4.69, 9.17) is 19.3 Å². The van der Waals surface area contributed by atoms with Crippen LogP contribution < -0.4 is 0 Å². The first-order valence-corrected chi connectivity index (χ1v) is 22.1. The Morgan fingerprint density at radius 3 is 1.37 bits per heavy atom. The van der Waals surface area contributed by atoms with Gasteiger partial charge < -0.3 is 19.3 Å². The lowest BCUT2D eigenvalue weighted by Crippen LogP contribution is -2.29. The largest absolute Gasteiger partial charge is 0.469 e. The number of hydrogen-bond acceptors (Lipinski definition) is 6. The van der Waals surface area contributed by atoms with E-state index in [9.17, 15) is 14.2 Å². The third kappa shape index (κ3) is 40.5. The molecule has 0 unspecified atom stereocenters. The number of unbranched alkanes of at least 4 members (excludes halogenated alkanes) is 17. The van der Waals surface area contributed by atoms with Gasteiger partial charge in [-0.3, -0.25) is 14.1 Å². The Bertz CT molecular complexity index is 1030. The van der Waals surface area contributed by atoms with E-state index in [0.29, 0.717) is 12.8 Å². The summed E-state index contributed by atoms with van der Waals surface area (Å²) in [6.07, 6.45) is 47.9. The van der Waals surface area contributed by atoms with E-state index in [1.807, 2.05) is 0 Å². The van der Waals surface area contributed by atoms with Gasteiger partial charge in [0.05, 0.1) is 6.61 Å². The van der Waals surface area contributed by atoms with Gasteiger partial charge in [0, 0.05) is 12.8 Å². The molecule has 52 heavy (non-hydrogen) atoms. The maximum absolute atomic E-state index is 12.4. The molecule has 0 amide bonds. The van der Waals surface area contributed by atoms with Crippen molar-refractivity contribution in [2.24, 2.45) is 0 Å². The Morgan fingerprint density at radius 1 is 0.500 bits per heavy atom. The Balaban J connectivity index is 4.03. The van der Waals surface area contributed by atoms with Gasteiger partial charge in [0.2, 0.25) is 0 Å². The summed E-state index contributed by atoms with van der Waals surface area (Å²) >= 11 is 0. The van der Waals surface area contributed by atoms with Crippen LogP contribution in [0, 0.1) is 0 Å². The van der Waals surface area contributed by atoms with Crippen molar-refractivity contribution >= 4 is 19.8 Å². The third-order valence-corrected chi connectivity index (χ3v) is 8.99. The van der Waals surface area contributed by atoms with E-state index in [0.717, 1.165) is 70.6 Å². The highest BCUT2D eigenvalue weighted by molar-refractivity contribution is 7.46. The molecule has 1 atom stereocenters. The molecule has 0 saturated heterocycles. The number of hydrogen-bond donors (Lipinski definition) is 2. The van der Waals surface area contributed by atoms with Gasteiger partial charge in [-0.05, 0) is 83.5 Å². The van der Waals surface area contributed by atoms with E-state index >= 15 is 0 Å². The number of allylic oxidation sites excluding steroid dienone is 10. The van der Waals surface area contributed by atoms with Crippen LogP contribution in [0.3, 0.4) is 0 Å².